The maximum atomic E-state index is 12.5. The van der Waals surface area contributed by atoms with Gasteiger partial charge in [-0.05, 0) is 73.8 Å². The Morgan fingerprint density at radius 2 is 1.85 bits per heavy atom. The average Bonchev–Trinajstić information content (AvgIpc) is 2.87. The monoisotopic (exact) mass is 469 g/mol. The van der Waals surface area contributed by atoms with E-state index in [-0.39, 0.29) is 25.4 Å². The zero-order valence-electron chi connectivity index (χ0n) is 20.7. The van der Waals surface area contributed by atoms with Gasteiger partial charge in [0, 0.05) is 56.6 Å². The summed E-state index contributed by atoms with van der Waals surface area (Å²) in [5.74, 6) is 2.37. The average molecular weight is 470 g/mol. The fraction of sp³-hybridized carbons (Fsp3) is 0.593. The highest BCUT2D eigenvalue weighted by molar-refractivity contribution is 5.97. The number of hydrogen-bond donors (Lipinski definition) is 2. The van der Waals surface area contributed by atoms with Crippen LogP contribution < -0.4 is 9.64 Å². The summed E-state index contributed by atoms with van der Waals surface area (Å²) in [6.45, 7) is 8.55. The van der Waals surface area contributed by atoms with Gasteiger partial charge >= 0.3 is 0 Å². The fourth-order valence-electron chi connectivity index (χ4n) is 4.56. The highest BCUT2D eigenvalue weighted by Crippen LogP contribution is 2.29. The first-order chi connectivity index (χ1) is 16.4. The molecule has 7 heteroatoms. The van der Waals surface area contributed by atoms with Gasteiger partial charge in [0.25, 0.3) is 0 Å². The lowest BCUT2D eigenvalue weighted by molar-refractivity contribution is 0.0878. The van der Waals surface area contributed by atoms with Crippen molar-refractivity contribution in [1.29, 1.82) is 0 Å². The van der Waals surface area contributed by atoms with E-state index in [1.54, 1.807) is 6.07 Å². The number of aryl methyl sites for hydroxylation is 2. The van der Waals surface area contributed by atoms with Gasteiger partial charge in [-0.2, -0.15) is 0 Å². The third-order valence-corrected chi connectivity index (χ3v) is 7.06. The van der Waals surface area contributed by atoms with E-state index in [1.165, 1.54) is 5.56 Å². The van der Waals surface area contributed by atoms with E-state index in [0.717, 1.165) is 56.0 Å². The molecule has 0 bridgehead atoms. The Kier molecular flexibility index (Phi) is 9.84. The maximum Gasteiger partial charge on any atom is 0.225 e. The largest absolute Gasteiger partial charge is 0.494 e. The summed E-state index contributed by atoms with van der Waals surface area (Å²) >= 11 is 0. The number of ether oxygens (including phenoxy) is 1. The number of ketones is 1. The number of rotatable bonds is 12. The number of carbonyl (C=O) groups excluding carboxylic acids is 1. The van der Waals surface area contributed by atoms with Crippen LogP contribution in [0.2, 0.25) is 0 Å². The van der Waals surface area contributed by atoms with E-state index < -0.39 is 5.92 Å². The second-order valence-corrected chi connectivity index (χ2v) is 9.52. The number of aliphatic hydroxyl groups excluding tert-OH is 2. The first-order valence-electron chi connectivity index (χ1n) is 12.5. The number of anilines is 1. The van der Waals surface area contributed by atoms with Crippen LogP contribution in [-0.2, 0) is 6.42 Å². The van der Waals surface area contributed by atoms with Crippen LogP contribution in [-0.4, -0.2) is 58.9 Å². The number of carbonyl (C=O) groups is 1. The third-order valence-electron chi connectivity index (χ3n) is 7.06. The second kappa shape index (κ2) is 12.8. The van der Waals surface area contributed by atoms with Crippen LogP contribution in [0.3, 0.4) is 0 Å². The lowest BCUT2D eigenvalue weighted by Crippen LogP contribution is -2.37. The van der Waals surface area contributed by atoms with Gasteiger partial charge in [0.15, 0.2) is 5.78 Å². The van der Waals surface area contributed by atoms with Gasteiger partial charge in [-0.3, -0.25) is 4.79 Å². The first kappa shape index (κ1) is 26.1. The standard InChI is InChI=1S/C27H39N3O4/c1-4-21-15-28-27(29-16-21)30-10-7-23(8-11-30)19(2)9-12-34-24-5-6-25(20(3)13-24)26(33)14-22(17-31)18-32/h5-6,13,15-16,19,22-23,31-32H,4,7-12,14,17-18H2,1-3H3/t19-/m1/s1. The van der Waals surface area contributed by atoms with Crippen LogP contribution in [0.25, 0.3) is 0 Å². The quantitative estimate of drug-likeness (QED) is 0.456. The molecule has 2 aromatic rings. The molecule has 2 N–H and O–H groups in total. The van der Waals surface area contributed by atoms with Crippen LogP contribution in [0.5, 0.6) is 5.75 Å². The van der Waals surface area contributed by atoms with Crippen LogP contribution >= 0.6 is 0 Å². The molecular weight excluding hydrogens is 430 g/mol. The van der Waals surface area contributed by atoms with Crippen molar-refractivity contribution in [2.45, 2.75) is 52.9 Å². The lowest BCUT2D eigenvalue weighted by atomic mass is 9.84. The molecule has 2 heterocycles. The molecule has 186 valence electrons. The normalized spacial score (nSPS) is 15.5. The van der Waals surface area contributed by atoms with Crippen LogP contribution in [0, 0.1) is 24.7 Å². The Morgan fingerprint density at radius 3 is 2.44 bits per heavy atom. The Bertz CT molecular complexity index is 907. The zero-order chi connectivity index (χ0) is 24.5. The molecule has 34 heavy (non-hydrogen) atoms. The smallest absolute Gasteiger partial charge is 0.225 e. The summed E-state index contributed by atoms with van der Waals surface area (Å²) in [4.78, 5) is 23.8. The van der Waals surface area contributed by atoms with E-state index in [2.05, 4.69) is 28.7 Å². The molecule has 0 radical (unpaired) electrons. The van der Waals surface area contributed by atoms with E-state index >= 15 is 0 Å². The third kappa shape index (κ3) is 7.00. The molecule has 0 unspecified atom stereocenters. The molecular formula is C27H39N3O4. The van der Waals surface area contributed by atoms with Gasteiger partial charge in [-0.15, -0.1) is 0 Å². The summed E-state index contributed by atoms with van der Waals surface area (Å²) in [6, 6.07) is 5.51. The zero-order valence-corrected chi connectivity index (χ0v) is 20.7. The molecule has 3 rings (SSSR count). The number of piperidine rings is 1. The second-order valence-electron chi connectivity index (χ2n) is 9.52. The van der Waals surface area contributed by atoms with E-state index in [4.69, 9.17) is 4.74 Å². The number of hydrogen-bond acceptors (Lipinski definition) is 7. The van der Waals surface area contributed by atoms with Gasteiger partial charge in [0.2, 0.25) is 5.95 Å². The molecule has 1 aromatic carbocycles. The van der Waals surface area contributed by atoms with E-state index in [0.29, 0.717) is 24.0 Å². The van der Waals surface area contributed by atoms with Gasteiger partial charge < -0.3 is 19.8 Å². The predicted octanol–water partition coefficient (Wildman–Crippen LogP) is 3.84. The van der Waals surface area contributed by atoms with Crippen LogP contribution in [0.15, 0.2) is 30.6 Å². The van der Waals surface area contributed by atoms with Crippen molar-refractivity contribution >= 4 is 11.7 Å². The maximum absolute atomic E-state index is 12.5. The minimum Gasteiger partial charge on any atom is -0.494 e. The van der Waals surface area contributed by atoms with Crippen molar-refractivity contribution in [3.63, 3.8) is 0 Å². The Labute approximate surface area is 203 Å². The Balaban J connectivity index is 1.43. The number of aromatic nitrogens is 2. The van der Waals surface area contributed by atoms with Crippen molar-refractivity contribution in [3.8, 4) is 5.75 Å². The molecule has 0 spiro atoms. The molecule has 1 fully saturated rings. The molecule has 1 atom stereocenters. The minimum absolute atomic E-state index is 0.0659. The van der Waals surface area contributed by atoms with Crippen molar-refractivity contribution in [1.82, 2.24) is 9.97 Å². The highest BCUT2D eigenvalue weighted by atomic mass is 16.5. The highest BCUT2D eigenvalue weighted by Gasteiger charge is 2.25. The van der Waals surface area contributed by atoms with Gasteiger partial charge in [0.1, 0.15) is 5.75 Å². The van der Waals surface area contributed by atoms with Crippen molar-refractivity contribution in [3.05, 3.63) is 47.3 Å². The molecule has 7 nitrogen and oxygen atoms in total. The fourth-order valence-corrected chi connectivity index (χ4v) is 4.56. The predicted molar refractivity (Wildman–Crippen MR) is 133 cm³/mol. The number of aliphatic hydroxyl groups is 2. The molecule has 0 saturated carbocycles. The molecule has 1 aromatic heterocycles. The van der Waals surface area contributed by atoms with Gasteiger partial charge in [0.05, 0.1) is 6.61 Å². The first-order valence-corrected chi connectivity index (χ1v) is 12.5. The summed E-state index contributed by atoms with van der Waals surface area (Å²) in [7, 11) is 0. The summed E-state index contributed by atoms with van der Waals surface area (Å²) < 4.78 is 6.00. The van der Waals surface area contributed by atoms with Crippen molar-refractivity contribution < 1.29 is 19.7 Å². The molecule has 1 aliphatic rings. The topological polar surface area (TPSA) is 95.8 Å². The summed E-state index contributed by atoms with van der Waals surface area (Å²) in [5.41, 5.74) is 2.64. The van der Waals surface area contributed by atoms with Crippen LogP contribution in [0.4, 0.5) is 5.95 Å². The SMILES string of the molecule is CCc1cnc(N2CCC([C@H](C)CCOc3ccc(C(=O)CC(CO)CO)c(C)c3)CC2)nc1. The summed E-state index contributed by atoms with van der Waals surface area (Å²) in [6.07, 6.45) is 8.22. The molecule has 0 amide bonds. The van der Waals surface area contributed by atoms with Crippen LogP contribution in [0.1, 0.15) is 61.0 Å². The van der Waals surface area contributed by atoms with Crippen molar-refractivity contribution in [2.24, 2.45) is 17.8 Å². The van der Waals surface area contributed by atoms with E-state index in [9.17, 15) is 15.0 Å². The number of Topliss-reactive ketones (excluding diaryl/α,β-unsaturated/α-hetero) is 1. The van der Waals surface area contributed by atoms with E-state index in [1.807, 2.05) is 31.5 Å². The molecule has 1 aliphatic heterocycles. The summed E-state index contributed by atoms with van der Waals surface area (Å²) in [5, 5.41) is 18.4. The van der Waals surface area contributed by atoms with Crippen molar-refractivity contribution in [2.75, 3.05) is 37.8 Å². The lowest BCUT2D eigenvalue weighted by Gasteiger charge is -2.35. The Hall–Kier alpha value is -2.51. The number of nitrogens with zero attached hydrogens (tertiary/aromatic N) is 3. The van der Waals surface area contributed by atoms with Gasteiger partial charge in [-0.25, -0.2) is 9.97 Å². The minimum atomic E-state index is -0.412. The van der Waals surface area contributed by atoms with Gasteiger partial charge in [-0.1, -0.05) is 13.8 Å². The molecule has 1 saturated heterocycles. The number of benzene rings is 1. The Morgan fingerprint density at radius 1 is 1.18 bits per heavy atom. The molecule has 0 aliphatic carbocycles.